The fraction of sp³-hybridized carbons (Fsp3) is 0.227. The van der Waals surface area contributed by atoms with E-state index in [1.807, 2.05) is 19.9 Å². The first kappa shape index (κ1) is 20.7. The average Bonchev–Trinajstić information content (AvgIpc) is 3.24. The second kappa shape index (κ2) is 8.53. The fourth-order valence-electron chi connectivity index (χ4n) is 2.94. The molecule has 0 saturated carbocycles. The summed E-state index contributed by atoms with van der Waals surface area (Å²) in [5.74, 6) is 0.484. The minimum Gasteiger partial charge on any atom is -0.497 e. The molecule has 0 bridgehead atoms. The van der Waals surface area contributed by atoms with Crippen LogP contribution in [-0.2, 0) is 9.84 Å². The van der Waals surface area contributed by atoms with Gasteiger partial charge in [0.05, 0.1) is 18.3 Å². The van der Waals surface area contributed by atoms with Crippen LogP contribution in [0.4, 0.5) is 0 Å². The third-order valence-corrected chi connectivity index (χ3v) is 6.92. The second-order valence-corrected chi connectivity index (χ2v) is 8.86. The van der Waals surface area contributed by atoms with Gasteiger partial charge < -0.3 is 14.5 Å². The zero-order valence-corrected chi connectivity index (χ0v) is 17.3. The van der Waals surface area contributed by atoms with Gasteiger partial charge in [0.1, 0.15) is 16.8 Å². The van der Waals surface area contributed by atoms with Gasteiger partial charge in [-0.3, -0.25) is 4.79 Å². The lowest BCUT2D eigenvalue weighted by molar-refractivity contribution is 0.0953. The van der Waals surface area contributed by atoms with E-state index in [0.29, 0.717) is 11.3 Å². The molecule has 1 unspecified atom stereocenters. The lowest BCUT2D eigenvalue weighted by atomic mass is 10.1. The second-order valence-electron chi connectivity index (χ2n) is 6.73. The van der Waals surface area contributed by atoms with Gasteiger partial charge in [-0.1, -0.05) is 6.07 Å². The highest BCUT2D eigenvalue weighted by Gasteiger charge is 2.32. The van der Waals surface area contributed by atoms with Gasteiger partial charge in [0.2, 0.25) is 0 Å². The fourth-order valence-corrected chi connectivity index (χ4v) is 4.52. The predicted molar refractivity (Wildman–Crippen MR) is 110 cm³/mol. The number of rotatable bonds is 7. The molecule has 29 heavy (non-hydrogen) atoms. The molecule has 0 aliphatic carbocycles. The summed E-state index contributed by atoms with van der Waals surface area (Å²) in [6.45, 7) is 3.77. The molecule has 1 aromatic heterocycles. The number of amides is 1. The normalized spacial score (nSPS) is 12.4. The van der Waals surface area contributed by atoms with Crippen molar-refractivity contribution >= 4 is 15.7 Å². The third-order valence-electron chi connectivity index (χ3n) is 4.84. The summed E-state index contributed by atoms with van der Waals surface area (Å²) < 4.78 is 36.9. The molecule has 1 heterocycles. The molecule has 3 aromatic rings. The lowest BCUT2D eigenvalue weighted by Crippen LogP contribution is -2.31. The number of methoxy groups -OCH3 is 1. The molecule has 152 valence electrons. The quantitative estimate of drug-likeness (QED) is 0.636. The molecule has 3 rings (SSSR count). The summed E-state index contributed by atoms with van der Waals surface area (Å²) in [5, 5.41) is 1.68. The first-order valence-corrected chi connectivity index (χ1v) is 10.6. The number of carbonyl (C=O) groups is 1. The van der Waals surface area contributed by atoms with Gasteiger partial charge >= 0.3 is 0 Å². The van der Waals surface area contributed by atoms with Crippen LogP contribution >= 0.6 is 0 Å². The van der Waals surface area contributed by atoms with Crippen LogP contribution in [-0.4, -0.2) is 28.0 Å². The number of aryl methyl sites for hydroxylation is 2. The van der Waals surface area contributed by atoms with Gasteiger partial charge in [0, 0.05) is 12.1 Å². The number of nitrogens with one attached hydrogen (secondary N) is 1. The van der Waals surface area contributed by atoms with Crippen molar-refractivity contribution in [2.24, 2.45) is 0 Å². The number of carbonyl (C=O) groups excluding carboxylic acids is 1. The largest absolute Gasteiger partial charge is 0.497 e. The van der Waals surface area contributed by atoms with Crippen molar-refractivity contribution in [3.05, 3.63) is 83.3 Å². The predicted octanol–water partition coefficient (Wildman–Crippen LogP) is 3.85. The molecular weight excluding hydrogens is 390 g/mol. The molecule has 0 aliphatic heterocycles. The monoisotopic (exact) mass is 413 g/mol. The van der Waals surface area contributed by atoms with Crippen molar-refractivity contribution in [3.63, 3.8) is 0 Å². The zero-order valence-electron chi connectivity index (χ0n) is 16.5. The minimum atomic E-state index is -3.81. The van der Waals surface area contributed by atoms with Gasteiger partial charge in [-0.15, -0.1) is 0 Å². The van der Waals surface area contributed by atoms with Gasteiger partial charge in [-0.2, -0.15) is 0 Å². The van der Waals surface area contributed by atoms with E-state index in [1.165, 1.54) is 25.5 Å². The van der Waals surface area contributed by atoms with Crippen LogP contribution in [0.2, 0.25) is 0 Å². The number of benzene rings is 2. The van der Waals surface area contributed by atoms with Crippen LogP contribution in [0.3, 0.4) is 0 Å². The van der Waals surface area contributed by atoms with Crippen LogP contribution in [0, 0.1) is 13.8 Å². The summed E-state index contributed by atoms with van der Waals surface area (Å²) in [7, 11) is -2.29. The van der Waals surface area contributed by atoms with Crippen LogP contribution in [0.15, 0.2) is 70.2 Å². The molecule has 7 heteroatoms. The van der Waals surface area contributed by atoms with Crippen molar-refractivity contribution in [2.45, 2.75) is 24.0 Å². The lowest BCUT2D eigenvalue weighted by Gasteiger charge is -2.17. The van der Waals surface area contributed by atoms with Crippen LogP contribution < -0.4 is 10.1 Å². The highest BCUT2D eigenvalue weighted by Crippen LogP contribution is 2.30. The van der Waals surface area contributed by atoms with E-state index in [0.717, 1.165) is 11.1 Å². The molecule has 1 N–H and O–H groups in total. The highest BCUT2D eigenvalue weighted by molar-refractivity contribution is 7.91. The first-order valence-electron chi connectivity index (χ1n) is 9.09. The molecule has 0 spiro atoms. The van der Waals surface area contributed by atoms with Gasteiger partial charge in [-0.05, 0) is 73.5 Å². The maximum absolute atomic E-state index is 13.2. The molecular formula is C22H23NO5S. The number of hydrogen-bond acceptors (Lipinski definition) is 5. The van der Waals surface area contributed by atoms with E-state index in [9.17, 15) is 13.2 Å². The highest BCUT2D eigenvalue weighted by atomic mass is 32.2. The zero-order chi connectivity index (χ0) is 21.0. The molecule has 6 nitrogen and oxygen atoms in total. The average molecular weight is 413 g/mol. The Morgan fingerprint density at radius 1 is 1.07 bits per heavy atom. The standard InChI is InChI=1S/C22H23NO5S/c1-15-6-7-17(13-16(15)2)22(24)23-14-21(20-5-4-12-28-20)29(25,26)19-10-8-18(27-3)9-11-19/h4-13,21H,14H2,1-3H3,(H,23,24). The minimum absolute atomic E-state index is 0.117. The summed E-state index contributed by atoms with van der Waals surface area (Å²) in [6.07, 6.45) is 1.41. The Hall–Kier alpha value is -3.06. The van der Waals surface area contributed by atoms with Gasteiger partial charge in [-0.25, -0.2) is 8.42 Å². The molecule has 0 saturated heterocycles. The van der Waals surface area contributed by atoms with Gasteiger partial charge in [0.15, 0.2) is 9.84 Å². The molecule has 2 aromatic carbocycles. The Kier molecular flexibility index (Phi) is 6.08. The number of ether oxygens (including phenoxy) is 1. The molecule has 0 radical (unpaired) electrons. The Morgan fingerprint density at radius 3 is 2.38 bits per heavy atom. The summed E-state index contributed by atoms with van der Waals surface area (Å²) >= 11 is 0. The van der Waals surface area contributed by atoms with E-state index in [4.69, 9.17) is 9.15 Å². The van der Waals surface area contributed by atoms with Crippen molar-refractivity contribution in [1.29, 1.82) is 0 Å². The van der Waals surface area contributed by atoms with Gasteiger partial charge in [0.25, 0.3) is 5.91 Å². The van der Waals surface area contributed by atoms with Crippen LogP contribution in [0.25, 0.3) is 0 Å². The van der Waals surface area contributed by atoms with Crippen LogP contribution in [0.5, 0.6) is 5.75 Å². The summed E-state index contributed by atoms with van der Waals surface area (Å²) in [4.78, 5) is 12.7. The smallest absolute Gasteiger partial charge is 0.251 e. The summed E-state index contributed by atoms with van der Waals surface area (Å²) in [5.41, 5.74) is 2.55. The van der Waals surface area contributed by atoms with E-state index in [-0.39, 0.29) is 23.1 Å². The molecule has 1 amide bonds. The SMILES string of the molecule is COc1ccc(S(=O)(=O)C(CNC(=O)c2ccc(C)c(C)c2)c2ccco2)cc1. The number of furan rings is 1. The third kappa shape index (κ3) is 4.51. The molecule has 0 aliphatic rings. The Labute approximate surface area is 170 Å². The number of hydrogen-bond donors (Lipinski definition) is 1. The number of sulfone groups is 1. The maximum Gasteiger partial charge on any atom is 0.251 e. The summed E-state index contributed by atoms with van der Waals surface area (Å²) in [6, 6.07) is 14.7. The van der Waals surface area contributed by atoms with E-state index >= 15 is 0 Å². The Balaban J connectivity index is 1.85. The van der Waals surface area contributed by atoms with Crippen molar-refractivity contribution in [1.82, 2.24) is 5.32 Å². The molecule has 0 fully saturated rings. The van der Waals surface area contributed by atoms with E-state index in [1.54, 1.807) is 36.4 Å². The van der Waals surface area contributed by atoms with Crippen LogP contribution in [0.1, 0.15) is 32.5 Å². The van der Waals surface area contributed by atoms with E-state index < -0.39 is 15.1 Å². The van der Waals surface area contributed by atoms with Crippen molar-refractivity contribution in [3.8, 4) is 5.75 Å². The maximum atomic E-state index is 13.2. The first-order chi connectivity index (χ1) is 13.8. The topological polar surface area (TPSA) is 85.6 Å². The molecule has 1 atom stereocenters. The van der Waals surface area contributed by atoms with Crippen molar-refractivity contribution < 1.29 is 22.4 Å². The van der Waals surface area contributed by atoms with Crippen molar-refractivity contribution in [2.75, 3.05) is 13.7 Å². The van der Waals surface area contributed by atoms with E-state index in [2.05, 4.69) is 5.32 Å². The Morgan fingerprint density at radius 2 is 1.79 bits per heavy atom. The Bertz CT molecular complexity index is 1090.